The highest BCUT2D eigenvalue weighted by atomic mass is 79.9. The largest absolute Gasteiger partial charge is 0.312 e. The van der Waals surface area contributed by atoms with Gasteiger partial charge < -0.3 is 5.32 Å². The molecule has 0 aliphatic carbocycles. The lowest BCUT2D eigenvalue weighted by atomic mass is 9.89. The van der Waals surface area contributed by atoms with Gasteiger partial charge in [0.1, 0.15) is 0 Å². The summed E-state index contributed by atoms with van der Waals surface area (Å²) in [4.78, 5) is 1.46. The molecule has 0 fully saturated rings. The number of hydrogen-bond acceptors (Lipinski definition) is 2. The Hall–Kier alpha value is 0.140. The van der Waals surface area contributed by atoms with Crippen molar-refractivity contribution in [2.75, 3.05) is 7.05 Å². The fourth-order valence-corrected chi connectivity index (χ4v) is 3.95. The van der Waals surface area contributed by atoms with E-state index in [1.807, 2.05) is 11.3 Å². The number of hydrogen-bond donors (Lipinski definition) is 1. The van der Waals surface area contributed by atoms with E-state index in [9.17, 15) is 0 Å². The third kappa shape index (κ3) is 3.86. The molecule has 0 aliphatic heterocycles. The van der Waals surface area contributed by atoms with Crippen LogP contribution in [0.5, 0.6) is 0 Å². The minimum absolute atomic E-state index is 0.524. The van der Waals surface area contributed by atoms with E-state index in [0.717, 1.165) is 5.92 Å². The molecule has 0 bridgehead atoms. The molecule has 0 aliphatic rings. The molecule has 0 spiro atoms. The van der Waals surface area contributed by atoms with Gasteiger partial charge in [-0.05, 0) is 53.9 Å². The van der Waals surface area contributed by atoms with E-state index < -0.39 is 0 Å². The molecule has 0 saturated carbocycles. The summed E-state index contributed by atoms with van der Waals surface area (Å²) in [6.45, 7) is 4.55. The third-order valence-electron chi connectivity index (χ3n) is 3.00. The molecule has 1 aromatic rings. The maximum absolute atomic E-state index is 3.55. The third-order valence-corrected chi connectivity index (χ3v) is 4.71. The lowest BCUT2D eigenvalue weighted by molar-refractivity contribution is 0.335. The van der Waals surface area contributed by atoms with Crippen molar-refractivity contribution in [2.45, 2.75) is 45.6 Å². The monoisotopic (exact) mass is 303 g/mol. The highest BCUT2D eigenvalue weighted by molar-refractivity contribution is 9.11. The minimum atomic E-state index is 0.524. The van der Waals surface area contributed by atoms with Crippen molar-refractivity contribution in [3.8, 4) is 0 Å². The van der Waals surface area contributed by atoms with Gasteiger partial charge in [-0.3, -0.25) is 0 Å². The van der Waals surface area contributed by atoms with E-state index in [-0.39, 0.29) is 0 Å². The lowest BCUT2D eigenvalue weighted by Gasteiger charge is -2.25. The van der Waals surface area contributed by atoms with Crippen LogP contribution in [0.1, 0.15) is 50.4 Å². The molecule has 1 unspecified atom stereocenters. The quantitative estimate of drug-likeness (QED) is 0.748. The predicted molar refractivity (Wildman–Crippen MR) is 77.1 cm³/mol. The Morgan fingerprint density at radius 3 is 2.25 bits per heavy atom. The number of rotatable bonds is 7. The molecule has 1 N–H and O–H groups in total. The highest BCUT2D eigenvalue weighted by Gasteiger charge is 2.21. The molecule has 0 aromatic carbocycles. The van der Waals surface area contributed by atoms with Gasteiger partial charge in [-0.1, -0.05) is 26.7 Å². The summed E-state index contributed by atoms with van der Waals surface area (Å²) in [7, 11) is 2.08. The van der Waals surface area contributed by atoms with Gasteiger partial charge in [-0.15, -0.1) is 11.3 Å². The minimum Gasteiger partial charge on any atom is -0.312 e. The van der Waals surface area contributed by atoms with Crippen molar-refractivity contribution < 1.29 is 0 Å². The topological polar surface area (TPSA) is 12.0 Å². The Balaban J connectivity index is 2.76. The van der Waals surface area contributed by atoms with Gasteiger partial charge in [0, 0.05) is 10.9 Å². The smallest absolute Gasteiger partial charge is 0.0701 e. The lowest BCUT2D eigenvalue weighted by Crippen LogP contribution is -2.24. The Morgan fingerprint density at radius 2 is 1.88 bits per heavy atom. The predicted octanol–water partition coefficient (Wildman–Crippen LogP) is 4.99. The molecule has 1 heterocycles. The van der Waals surface area contributed by atoms with Crippen LogP contribution >= 0.6 is 27.3 Å². The average molecular weight is 304 g/mol. The van der Waals surface area contributed by atoms with Crippen LogP contribution < -0.4 is 5.32 Å². The molecule has 1 aromatic heterocycles. The second kappa shape index (κ2) is 7.46. The van der Waals surface area contributed by atoms with Crippen molar-refractivity contribution >= 4 is 27.3 Å². The zero-order valence-corrected chi connectivity index (χ0v) is 12.8. The molecular formula is C13H22BrNS. The maximum atomic E-state index is 3.55. The SMILES string of the molecule is CCCC(CCC)C(NC)c1ccc(Br)s1. The Bertz CT molecular complexity index is 292. The number of nitrogens with one attached hydrogen (secondary N) is 1. The summed E-state index contributed by atoms with van der Waals surface area (Å²) < 4.78 is 1.23. The zero-order chi connectivity index (χ0) is 12.0. The van der Waals surface area contributed by atoms with E-state index in [1.54, 1.807) is 0 Å². The average Bonchev–Trinajstić information content (AvgIpc) is 2.67. The summed E-state index contributed by atoms with van der Waals surface area (Å²) in [5.74, 6) is 0.769. The first-order valence-corrected chi connectivity index (χ1v) is 7.76. The first-order valence-electron chi connectivity index (χ1n) is 6.15. The molecular weight excluding hydrogens is 282 g/mol. The number of thiophene rings is 1. The van der Waals surface area contributed by atoms with E-state index in [4.69, 9.17) is 0 Å². The summed E-state index contributed by atoms with van der Waals surface area (Å²) >= 11 is 5.40. The van der Waals surface area contributed by atoms with Gasteiger partial charge in [-0.25, -0.2) is 0 Å². The van der Waals surface area contributed by atoms with Crippen LogP contribution in [0.25, 0.3) is 0 Å². The van der Waals surface area contributed by atoms with Crippen LogP contribution in [0, 0.1) is 5.92 Å². The molecule has 0 radical (unpaired) electrons. The molecule has 3 heteroatoms. The van der Waals surface area contributed by atoms with Gasteiger partial charge in [0.05, 0.1) is 3.79 Å². The van der Waals surface area contributed by atoms with Crippen LogP contribution in [0.2, 0.25) is 0 Å². The van der Waals surface area contributed by atoms with E-state index in [2.05, 4.69) is 54.3 Å². The second-order valence-electron chi connectivity index (χ2n) is 4.25. The van der Waals surface area contributed by atoms with Gasteiger partial charge in [0.25, 0.3) is 0 Å². The zero-order valence-electron chi connectivity index (χ0n) is 10.4. The summed E-state index contributed by atoms with van der Waals surface area (Å²) in [6.07, 6.45) is 5.18. The molecule has 1 rings (SSSR count). The summed E-state index contributed by atoms with van der Waals surface area (Å²) in [6, 6.07) is 4.92. The highest BCUT2D eigenvalue weighted by Crippen LogP contribution is 2.35. The summed E-state index contributed by atoms with van der Waals surface area (Å²) in [5.41, 5.74) is 0. The van der Waals surface area contributed by atoms with Crippen molar-refractivity contribution in [3.05, 3.63) is 20.8 Å². The number of halogens is 1. The molecule has 0 saturated heterocycles. The Kier molecular flexibility index (Phi) is 6.62. The van der Waals surface area contributed by atoms with Crippen LogP contribution in [-0.2, 0) is 0 Å². The molecule has 0 amide bonds. The summed E-state index contributed by atoms with van der Waals surface area (Å²) in [5, 5.41) is 3.49. The van der Waals surface area contributed by atoms with E-state index >= 15 is 0 Å². The maximum Gasteiger partial charge on any atom is 0.0701 e. The van der Waals surface area contributed by atoms with Gasteiger partial charge in [-0.2, -0.15) is 0 Å². The molecule has 1 nitrogen and oxygen atoms in total. The van der Waals surface area contributed by atoms with Crippen LogP contribution in [0.3, 0.4) is 0 Å². The second-order valence-corrected chi connectivity index (χ2v) is 6.74. The Morgan fingerprint density at radius 1 is 1.25 bits per heavy atom. The Labute approximate surface area is 112 Å². The van der Waals surface area contributed by atoms with E-state index in [0.29, 0.717) is 6.04 Å². The van der Waals surface area contributed by atoms with Crippen LogP contribution in [0.4, 0.5) is 0 Å². The van der Waals surface area contributed by atoms with Crippen LogP contribution in [0.15, 0.2) is 15.9 Å². The van der Waals surface area contributed by atoms with Gasteiger partial charge >= 0.3 is 0 Å². The fourth-order valence-electron chi connectivity index (χ4n) is 2.32. The first-order chi connectivity index (χ1) is 7.72. The molecule has 92 valence electrons. The van der Waals surface area contributed by atoms with Crippen molar-refractivity contribution in [1.29, 1.82) is 0 Å². The van der Waals surface area contributed by atoms with Gasteiger partial charge in [0.2, 0.25) is 0 Å². The molecule has 16 heavy (non-hydrogen) atoms. The van der Waals surface area contributed by atoms with E-state index in [1.165, 1.54) is 34.3 Å². The van der Waals surface area contributed by atoms with Crippen molar-refractivity contribution in [1.82, 2.24) is 5.32 Å². The van der Waals surface area contributed by atoms with Crippen LogP contribution in [-0.4, -0.2) is 7.05 Å². The van der Waals surface area contributed by atoms with Gasteiger partial charge in [0.15, 0.2) is 0 Å². The van der Waals surface area contributed by atoms with Crippen molar-refractivity contribution in [3.63, 3.8) is 0 Å². The van der Waals surface area contributed by atoms with Crippen molar-refractivity contribution in [2.24, 2.45) is 5.92 Å². The first kappa shape index (κ1) is 14.2. The normalized spacial score (nSPS) is 13.3. The fraction of sp³-hybridized carbons (Fsp3) is 0.692. The molecule has 1 atom stereocenters. The standard InChI is InChI=1S/C13H22BrNS/c1-4-6-10(7-5-2)13(15-3)11-8-9-12(14)16-11/h8-10,13,15H,4-7H2,1-3H3.